The molecule has 0 heterocycles. The van der Waals surface area contributed by atoms with E-state index in [-0.39, 0.29) is 91.1 Å². The molecular weight excluding hydrogens is 492 g/mol. The van der Waals surface area contributed by atoms with Crippen LogP contribution in [-0.4, -0.2) is 24.0 Å². The summed E-state index contributed by atoms with van der Waals surface area (Å²) in [6, 6.07) is 10.7. The Morgan fingerprint density at radius 3 is 2.42 bits per heavy atom. The van der Waals surface area contributed by atoms with E-state index in [0.717, 1.165) is 12.1 Å². The molecule has 9 nitrogen and oxygen atoms in total. The molecule has 31 heavy (non-hydrogen) atoms. The van der Waals surface area contributed by atoms with E-state index in [9.17, 15) is 28.1 Å². The summed E-state index contributed by atoms with van der Waals surface area (Å²) in [7, 11) is -4.86. The number of carbonyl (C=O) groups is 1. The van der Waals surface area contributed by atoms with Gasteiger partial charge >= 0.3 is 59.1 Å². The topological polar surface area (TPSA) is 148 Å². The van der Waals surface area contributed by atoms with E-state index in [1.165, 1.54) is 24.3 Å². The fourth-order valence-electron chi connectivity index (χ4n) is 2.62. The van der Waals surface area contributed by atoms with Crippen LogP contribution < -0.4 is 69.7 Å². The van der Waals surface area contributed by atoms with Crippen LogP contribution in [-0.2, 0) is 19.5 Å². The molecule has 14 heteroatoms. The second-order valence-corrected chi connectivity index (χ2v) is 8.18. The molecule has 0 aromatic heterocycles. The Hall–Kier alpha value is -0.380. The molecule has 0 spiro atoms. The van der Waals surface area contributed by atoms with E-state index in [0.29, 0.717) is 12.0 Å². The molecule has 0 aliphatic rings. The summed E-state index contributed by atoms with van der Waals surface area (Å²) in [5, 5.41) is 26.6. The summed E-state index contributed by atoms with van der Waals surface area (Å²) in [4.78, 5) is 12.1. The van der Waals surface area contributed by atoms with Crippen LogP contribution in [0.25, 0.3) is 10.8 Å². The average Bonchev–Trinajstić information content (AvgIpc) is 2.65. The van der Waals surface area contributed by atoms with E-state index in [1.54, 1.807) is 12.1 Å². The van der Waals surface area contributed by atoms with Crippen LogP contribution in [0.4, 0.5) is 5.69 Å². The van der Waals surface area contributed by atoms with Crippen LogP contribution in [0, 0.1) is 0 Å². The van der Waals surface area contributed by atoms with Crippen molar-refractivity contribution < 1.29 is 96.6 Å². The molecule has 0 saturated carbocycles. The first-order chi connectivity index (χ1) is 13.7. The van der Waals surface area contributed by atoms with Gasteiger partial charge in [-0.1, -0.05) is 23.7 Å². The van der Waals surface area contributed by atoms with Gasteiger partial charge in [-0.15, -0.1) is 0 Å². The molecule has 1 amide bonds. The molecule has 0 fully saturated rings. The van der Waals surface area contributed by atoms with Crippen molar-refractivity contribution in [2.75, 3.05) is 5.32 Å². The predicted octanol–water partition coefficient (Wildman–Crippen LogP) is -3.41. The van der Waals surface area contributed by atoms with Gasteiger partial charge in [-0.25, -0.2) is 8.42 Å². The first-order valence-electron chi connectivity index (χ1n) is 7.66. The van der Waals surface area contributed by atoms with Gasteiger partial charge in [-0.2, -0.15) is 4.33 Å². The van der Waals surface area contributed by atoms with Gasteiger partial charge in [0.25, 0.3) is 5.91 Å². The monoisotopic (exact) mass is 501 g/mol. The maximum atomic E-state index is 12.6. The number of phenolic OH excluding ortho intramolecular Hbond substituents is 1. The van der Waals surface area contributed by atoms with Gasteiger partial charge in [-0.3, -0.25) is 9.83 Å². The zero-order valence-electron chi connectivity index (χ0n) is 16.1. The molecule has 0 radical (unpaired) electrons. The summed E-state index contributed by atoms with van der Waals surface area (Å²) in [5.74, 6) is -1.16. The number of aromatic hydroxyl groups is 1. The minimum atomic E-state index is -4.86. The largest absolute Gasteiger partial charge is 1.00 e. The van der Waals surface area contributed by atoms with Gasteiger partial charge in [-0.05, 0) is 41.8 Å². The molecule has 3 aromatic carbocycles. The number of anilines is 1. The Kier molecular flexibility index (Phi) is 11.3. The van der Waals surface area contributed by atoms with Gasteiger partial charge in [0.15, 0.2) is 0 Å². The van der Waals surface area contributed by atoms with Crippen molar-refractivity contribution in [3.63, 3.8) is 0 Å². The number of halogens is 1. The van der Waals surface area contributed by atoms with Gasteiger partial charge in [0.2, 0.25) is 0 Å². The minimum absolute atomic E-state index is 0. The van der Waals surface area contributed by atoms with Crippen molar-refractivity contribution in [3.05, 3.63) is 59.1 Å². The second-order valence-electron chi connectivity index (χ2n) is 5.62. The average molecular weight is 502 g/mol. The quantitative estimate of drug-likeness (QED) is 0.116. The molecule has 0 saturated heterocycles. The number of fused-ring (bicyclic) bond motifs is 1. The first-order valence-corrected chi connectivity index (χ1v) is 10.2. The summed E-state index contributed by atoms with van der Waals surface area (Å²) in [5.41, 5.74) is 0.203. The van der Waals surface area contributed by atoms with E-state index in [2.05, 4.69) is 14.7 Å². The summed E-state index contributed by atoms with van der Waals surface area (Å²) in [6.07, 6.45) is 0. The number of carbonyl (C=O) groups excluding carboxylic acids is 1. The van der Waals surface area contributed by atoms with Crippen LogP contribution in [0.1, 0.15) is 10.4 Å². The van der Waals surface area contributed by atoms with Crippen LogP contribution in [0.15, 0.2) is 58.3 Å². The van der Waals surface area contributed by atoms with Crippen molar-refractivity contribution in [2.45, 2.75) is 9.79 Å². The molecule has 3 aromatic rings. The Bertz CT molecular complexity index is 1210. The van der Waals surface area contributed by atoms with E-state index in [1.807, 2.05) is 0 Å². The number of rotatable bonds is 6. The van der Waals surface area contributed by atoms with Crippen LogP contribution in [0.3, 0.4) is 0 Å². The normalized spacial score (nSPS) is 10.8. The van der Waals surface area contributed by atoms with Crippen LogP contribution in [0.2, 0.25) is 5.02 Å². The van der Waals surface area contributed by atoms with Gasteiger partial charge in [0.05, 0.1) is 33.2 Å². The third-order valence-electron chi connectivity index (χ3n) is 3.79. The molecular formula is C17H10ClNNa2O8S2. The number of benzene rings is 3. The third kappa shape index (κ3) is 7.05. The number of hydrogen-bond acceptors (Lipinski definition) is 9. The summed E-state index contributed by atoms with van der Waals surface area (Å²) in [6.45, 7) is 0. The molecule has 0 bridgehead atoms. The van der Waals surface area contributed by atoms with Crippen molar-refractivity contribution in [2.24, 2.45) is 0 Å². The molecule has 0 atom stereocenters. The van der Waals surface area contributed by atoms with Crippen molar-refractivity contribution in [1.82, 2.24) is 0 Å². The Morgan fingerprint density at radius 2 is 1.81 bits per heavy atom. The zero-order valence-corrected chi connectivity index (χ0v) is 22.5. The first kappa shape index (κ1) is 28.7. The maximum absolute atomic E-state index is 12.6. The van der Waals surface area contributed by atoms with Crippen molar-refractivity contribution in [1.29, 1.82) is 0 Å². The van der Waals surface area contributed by atoms with E-state index in [4.69, 9.17) is 11.6 Å². The van der Waals surface area contributed by atoms with Gasteiger partial charge in [0, 0.05) is 10.3 Å². The predicted molar refractivity (Wildman–Crippen MR) is 101 cm³/mol. The molecule has 0 unspecified atom stereocenters. The Balaban J connectivity index is 0.00000240. The van der Waals surface area contributed by atoms with Crippen LogP contribution >= 0.6 is 23.6 Å². The van der Waals surface area contributed by atoms with E-state index >= 15 is 0 Å². The Morgan fingerprint density at radius 1 is 1.13 bits per heavy atom. The number of nitrogens with one attached hydrogen (secondary N) is 1. The van der Waals surface area contributed by atoms with Crippen molar-refractivity contribution >= 4 is 56.1 Å². The third-order valence-corrected chi connectivity index (χ3v) is 5.48. The smallest absolute Gasteiger partial charge is 0.744 e. The molecule has 2 N–H and O–H groups in total. The van der Waals surface area contributed by atoms with E-state index < -0.39 is 26.7 Å². The molecule has 0 aliphatic heterocycles. The number of hydrogen-bond donors (Lipinski definition) is 2. The minimum Gasteiger partial charge on any atom is -0.744 e. The second kappa shape index (κ2) is 12.2. The standard InChI is InChI=1S/C17H12ClNO8S2.2Na/c18-13-4-2-1-3-12(13)17(21)19-14-7-10(28-27-26-22)5-9-6-11(29(23,24)25)8-15(20)16(9)14;;/h1-8,20,22H,(H,19,21)(H,23,24,25);;/q;2*+1/p-2. The van der Waals surface area contributed by atoms with Gasteiger partial charge < -0.3 is 20.2 Å². The SMILES string of the molecule is O=C(Nc1cc(SOO[O-])cc2cc(S(=O)(=O)[O-])cc(O)c12)c1ccccc1Cl.[Na+].[Na+]. The number of amides is 1. The van der Waals surface area contributed by atoms with Gasteiger partial charge in [0.1, 0.15) is 15.9 Å². The maximum Gasteiger partial charge on any atom is 1.00 e. The Labute approximate surface area is 230 Å². The summed E-state index contributed by atoms with van der Waals surface area (Å²) >= 11 is 6.49. The number of phenols is 1. The van der Waals surface area contributed by atoms with Crippen molar-refractivity contribution in [3.8, 4) is 5.75 Å². The molecule has 3 rings (SSSR count). The summed E-state index contributed by atoms with van der Waals surface area (Å²) < 4.78 is 38.2. The molecule has 152 valence electrons. The zero-order chi connectivity index (χ0) is 21.2. The van der Waals surface area contributed by atoms with Crippen LogP contribution in [0.5, 0.6) is 5.75 Å². The fourth-order valence-corrected chi connectivity index (χ4v) is 3.81. The fraction of sp³-hybridized carbons (Fsp3) is 0. The molecule has 0 aliphatic carbocycles.